The zero-order valence-corrected chi connectivity index (χ0v) is 11.5. The number of nitriles is 1. The Hall–Kier alpha value is -2.64. The van der Waals surface area contributed by atoms with Crippen molar-refractivity contribution in [2.75, 3.05) is 11.9 Å². The summed E-state index contributed by atoms with van der Waals surface area (Å²) in [4.78, 5) is 12.3. The maximum absolute atomic E-state index is 12.3. The summed E-state index contributed by atoms with van der Waals surface area (Å²) in [6.45, 7) is 1.77. The summed E-state index contributed by atoms with van der Waals surface area (Å²) < 4.78 is 0. The van der Waals surface area contributed by atoms with Crippen molar-refractivity contribution in [1.29, 1.82) is 5.26 Å². The largest absolute Gasteiger partial charge is 0.322 e. The molecule has 0 atom stereocenters. The molecule has 1 aliphatic heterocycles. The fourth-order valence-corrected chi connectivity index (χ4v) is 2.54. The van der Waals surface area contributed by atoms with Crippen molar-refractivity contribution in [3.63, 3.8) is 0 Å². The molecule has 2 N–H and O–H groups in total. The second-order valence-corrected chi connectivity index (χ2v) is 5.01. The van der Waals surface area contributed by atoms with Gasteiger partial charge in [-0.15, -0.1) is 0 Å². The van der Waals surface area contributed by atoms with Gasteiger partial charge >= 0.3 is 0 Å². The van der Waals surface area contributed by atoms with Gasteiger partial charge in [0.05, 0.1) is 11.6 Å². The highest BCUT2D eigenvalue weighted by Crippen LogP contribution is 2.23. The van der Waals surface area contributed by atoms with Crippen LogP contribution in [0.2, 0.25) is 0 Å². The number of carbonyl (C=O) groups is 1. The van der Waals surface area contributed by atoms with E-state index in [4.69, 9.17) is 5.26 Å². The van der Waals surface area contributed by atoms with Crippen molar-refractivity contribution >= 4 is 11.6 Å². The molecule has 0 aromatic heterocycles. The van der Waals surface area contributed by atoms with Crippen molar-refractivity contribution in [3.05, 3.63) is 64.7 Å². The first kappa shape index (κ1) is 13.3. The third-order valence-corrected chi connectivity index (χ3v) is 3.66. The van der Waals surface area contributed by atoms with Crippen molar-refractivity contribution < 1.29 is 4.79 Å². The minimum Gasteiger partial charge on any atom is -0.322 e. The molecule has 1 amide bonds. The van der Waals surface area contributed by atoms with Crippen molar-refractivity contribution in [2.45, 2.75) is 13.0 Å². The number of nitrogens with one attached hydrogen (secondary N) is 2. The molecular weight excluding hydrogens is 262 g/mol. The minimum atomic E-state index is -0.147. The standard InChI is InChI=1S/C17H15N3O/c18-10-12-4-6-13(7-5-12)17(21)20-16-3-1-2-14-11-19-9-8-15(14)16/h1-7,19H,8-9,11H2,(H,20,21). The highest BCUT2D eigenvalue weighted by atomic mass is 16.1. The smallest absolute Gasteiger partial charge is 0.255 e. The maximum Gasteiger partial charge on any atom is 0.255 e. The number of amides is 1. The van der Waals surface area contributed by atoms with Crippen LogP contribution in [0.4, 0.5) is 5.69 Å². The fraction of sp³-hybridized carbons (Fsp3) is 0.176. The minimum absolute atomic E-state index is 0.147. The molecule has 104 valence electrons. The molecule has 2 aromatic carbocycles. The van der Waals surface area contributed by atoms with Gasteiger partial charge in [0.25, 0.3) is 5.91 Å². The second-order valence-electron chi connectivity index (χ2n) is 5.01. The number of carbonyl (C=O) groups excluding carboxylic acids is 1. The van der Waals surface area contributed by atoms with Gasteiger partial charge in [-0.05, 0) is 54.4 Å². The lowest BCUT2D eigenvalue weighted by atomic mass is 9.99. The first-order chi connectivity index (χ1) is 10.3. The molecule has 1 heterocycles. The number of fused-ring (bicyclic) bond motifs is 1. The van der Waals surface area contributed by atoms with Gasteiger partial charge in [0, 0.05) is 17.8 Å². The SMILES string of the molecule is N#Cc1ccc(C(=O)Nc2cccc3c2CCNC3)cc1. The normalized spacial score (nSPS) is 13.1. The number of hydrogen-bond donors (Lipinski definition) is 2. The van der Waals surface area contributed by atoms with Gasteiger partial charge in [-0.2, -0.15) is 5.26 Å². The van der Waals surface area contributed by atoms with Gasteiger partial charge < -0.3 is 10.6 Å². The van der Waals surface area contributed by atoms with Crippen molar-refractivity contribution in [1.82, 2.24) is 5.32 Å². The van der Waals surface area contributed by atoms with Crippen LogP contribution < -0.4 is 10.6 Å². The molecule has 2 aromatic rings. The summed E-state index contributed by atoms with van der Waals surface area (Å²) in [5.74, 6) is -0.147. The number of rotatable bonds is 2. The van der Waals surface area contributed by atoms with Crippen molar-refractivity contribution in [2.24, 2.45) is 0 Å². The van der Waals surface area contributed by atoms with Crippen LogP contribution in [0.25, 0.3) is 0 Å². The summed E-state index contributed by atoms with van der Waals surface area (Å²) in [6.07, 6.45) is 0.916. The summed E-state index contributed by atoms with van der Waals surface area (Å²) >= 11 is 0. The number of hydrogen-bond acceptors (Lipinski definition) is 3. The third-order valence-electron chi connectivity index (χ3n) is 3.66. The Kier molecular flexibility index (Phi) is 3.67. The van der Waals surface area contributed by atoms with E-state index >= 15 is 0 Å². The van der Waals surface area contributed by atoms with Crippen LogP contribution in [-0.2, 0) is 13.0 Å². The molecule has 0 fully saturated rings. The van der Waals surface area contributed by atoms with Crippen LogP contribution in [0.1, 0.15) is 27.0 Å². The molecule has 1 aliphatic rings. The molecular formula is C17H15N3O. The molecule has 0 saturated carbocycles. The highest BCUT2D eigenvalue weighted by Gasteiger charge is 2.14. The highest BCUT2D eigenvalue weighted by molar-refractivity contribution is 6.04. The van der Waals surface area contributed by atoms with E-state index in [9.17, 15) is 4.79 Å². The molecule has 0 spiro atoms. The summed E-state index contributed by atoms with van der Waals surface area (Å²) in [5.41, 5.74) is 4.43. The first-order valence-corrected chi connectivity index (χ1v) is 6.91. The average molecular weight is 277 g/mol. The Morgan fingerprint density at radius 2 is 2.00 bits per heavy atom. The Bertz CT molecular complexity index is 714. The van der Waals surface area contributed by atoms with Gasteiger partial charge in [0.2, 0.25) is 0 Å². The molecule has 4 nitrogen and oxygen atoms in total. The van der Waals surface area contributed by atoms with Gasteiger partial charge in [-0.25, -0.2) is 0 Å². The summed E-state index contributed by atoms with van der Waals surface area (Å²) in [7, 11) is 0. The van der Waals surface area contributed by atoms with Crippen molar-refractivity contribution in [3.8, 4) is 6.07 Å². The molecule has 0 aliphatic carbocycles. The lowest BCUT2D eigenvalue weighted by Crippen LogP contribution is -2.25. The van der Waals surface area contributed by atoms with Crippen LogP contribution in [0.5, 0.6) is 0 Å². The Morgan fingerprint density at radius 1 is 1.19 bits per heavy atom. The molecule has 0 bridgehead atoms. The van der Waals surface area contributed by atoms with Crippen LogP contribution in [0, 0.1) is 11.3 Å². The molecule has 0 saturated heterocycles. The van der Waals surface area contributed by atoms with E-state index in [0.29, 0.717) is 11.1 Å². The van der Waals surface area contributed by atoms with Gasteiger partial charge in [0.1, 0.15) is 0 Å². The zero-order chi connectivity index (χ0) is 14.7. The van der Waals surface area contributed by atoms with Gasteiger partial charge in [-0.1, -0.05) is 12.1 Å². The molecule has 0 radical (unpaired) electrons. The predicted octanol–water partition coefficient (Wildman–Crippen LogP) is 2.46. The molecule has 4 heteroatoms. The first-order valence-electron chi connectivity index (χ1n) is 6.91. The van der Waals surface area contributed by atoms with Gasteiger partial charge in [0.15, 0.2) is 0 Å². The zero-order valence-electron chi connectivity index (χ0n) is 11.5. The lowest BCUT2D eigenvalue weighted by molar-refractivity contribution is 0.102. The van der Waals surface area contributed by atoms with Crippen LogP contribution in [0.3, 0.4) is 0 Å². The average Bonchev–Trinajstić information content (AvgIpc) is 2.55. The fourth-order valence-electron chi connectivity index (χ4n) is 2.54. The molecule has 21 heavy (non-hydrogen) atoms. The van der Waals surface area contributed by atoms with Gasteiger partial charge in [-0.3, -0.25) is 4.79 Å². The van der Waals surface area contributed by atoms with E-state index in [1.165, 1.54) is 11.1 Å². The maximum atomic E-state index is 12.3. The Labute approximate surface area is 123 Å². The quantitative estimate of drug-likeness (QED) is 0.886. The van der Waals surface area contributed by atoms with Crippen LogP contribution in [0.15, 0.2) is 42.5 Å². The molecule has 0 unspecified atom stereocenters. The van der Waals surface area contributed by atoms with E-state index in [1.54, 1.807) is 24.3 Å². The predicted molar refractivity (Wildman–Crippen MR) is 81.0 cm³/mol. The number of anilines is 1. The lowest BCUT2D eigenvalue weighted by Gasteiger charge is -2.20. The summed E-state index contributed by atoms with van der Waals surface area (Å²) in [6, 6.07) is 14.7. The van der Waals surface area contributed by atoms with Crippen LogP contribution >= 0.6 is 0 Å². The third kappa shape index (κ3) is 2.78. The van der Waals surface area contributed by atoms with E-state index in [0.717, 1.165) is 25.2 Å². The topological polar surface area (TPSA) is 64.9 Å². The molecule has 3 rings (SSSR count). The van der Waals surface area contributed by atoms with E-state index in [1.807, 2.05) is 18.2 Å². The Morgan fingerprint density at radius 3 is 2.76 bits per heavy atom. The monoisotopic (exact) mass is 277 g/mol. The van der Waals surface area contributed by atoms with E-state index in [-0.39, 0.29) is 5.91 Å². The van der Waals surface area contributed by atoms with Crippen LogP contribution in [-0.4, -0.2) is 12.5 Å². The Balaban J connectivity index is 1.83. The van der Waals surface area contributed by atoms with E-state index < -0.39 is 0 Å². The number of benzene rings is 2. The summed E-state index contributed by atoms with van der Waals surface area (Å²) in [5, 5.41) is 15.1. The number of nitrogens with zero attached hydrogens (tertiary/aromatic N) is 1. The van der Waals surface area contributed by atoms with E-state index in [2.05, 4.69) is 16.7 Å². The second kappa shape index (κ2) is 5.78.